The van der Waals surface area contributed by atoms with E-state index in [-0.39, 0.29) is 29.7 Å². The normalized spacial score (nSPS) is 18.0. The maximum absolute atomic E-state index is 12.7. The zero-order valence-corrected chi connectivity index (χ0v) is 14.2. The molecular formula is C18H27N3O2. The van der Waals surface area contributed by atoms with Crippen LogP contribution in [-0.2, 0) is 9.59 Å². The number of carbonyl (C=O) groups excluding carboxylic acids is 2. The number of rotatable bonds is 4. The fourth-order valence-electron chi connectivity index (χ4n) is 2.92. The second-order valence-electron chi connectivity index (χ2n) is 6.53. The largest absolute Gasteiger partial charge is 0.339 e. The number of nitrogens with zero attached hydrogens (tertiary/aromatic N) is 2. The smallest absolute Gasteiger partial charge is 0.227 e. The maximum atomic E-state index is 12.7. The zero-order valence-electron chi connectivity index (χ0n) is 14.2. The Morgan fingerprint density at radius 1 is 0.913 bits per heavy atom. The van der Waals surface area contributed by atoms with Crippen molar-refractivity contribution >= 4 is 11.8 Å². The second kappa shape index (κ2) is 7.59. The first-order valence-corrected chi connectivity index (χ1v) is 8.30. The minimum atomic E-state index is -0.306. The summed E-state index contributed by atoms with van der Waals surface area (Å²) < 4.78 is 0. The lowest BCUT2D eigenvalue weighted by Crippen LogP contribution is -2.53. The van der Waals surface area contributed by atoms with Crippen LogP contribution < -0.4 is 5.73 Å². The third kappa shape index (κ3) is 4.10. The predicted octanol–water partition coefficient (Wildman–Crippen LogP) is 1.65. The average molecular weight is 317 g/mol. The maximum Gasteiger partial charge on any atom is 0.227 e. The van der Waals surface area contributed by atoms with Crippen LogP contribution in [0.2, 0.25) is 0 Å². The molecule has 2 unspecified atom stereocenters. The first-order valence-electron chi connectivity index (χ1n) is 8.30. The van der Waals surface area contributed by atoms with Gasteiger partial charge in [-0.25, -0.2) is 0 Å². The molecule has 0 aliphatic carbocycles. The SMILES string of the molecule is CC(C)C(=O)N1CCN(C(=O)C(C)C(N)c2ccccc2)CC1. The van der Waals surface area contributed by atoms with E-state index >= 15 is 0 Å². The van der Waals surface area contributed by atoms with E-state index in [2.05, 4.69) is 0 Å². The Morgan fingerprint density at radius 2 is 1.39 bits per heavy atom. The molecule has 0 bridgehead atoms. The molecule has 1 saturated heterocycles. The van der Waals surface area contributed by atoms with Gasteiger partial charge in [0.15, 0.2) is 0 Å². The highest BCUT2D eigenvalue weighted by Gasteiger charge is 2.30. The third-order valence-corrected chi connectivity index (χ3v) is 4.51. The van der Waals surface area contributed by atoms with Gasteiger partial charge in [0.25, 0.3) is 0 Å². The first-order chi connectivity index (χ1) is 10.9. The summed E-state index contributed by atoms with van der Waals surface area (Å²) in [5.74, 6) is -0.0449. The quantitative estimate of drug-likeness (QED) is 0.918. The Balaban J connectivity index is 1.93. The summed E-state index contributed by atoms with van der Waals surface area (Å²) in [7, 11) is 0. The molecule has 2 rings (SSSR count). The van der Waals surface area contributed by atoms with Crippen molar-refractivity contribution in [2.24, 2.45) is 17.6 Å². The van der Waals surface area contributed by atoms with Gasteiger partial charge in [0.2, 0.25) is 11.8 Å². The third-order valence-electron chi connectivity index (χ3n) is 4.51. The van der Waals surface area contributed by atoms with Crippen LogP contribution in [0.3, 0.4) is 0 Å². The van der Waals surface area contributed by atoms with Gasteiger partial charge in [-0.3, -0.25) is 9.59 Å². The summed E-state index contributed by atoms with van der Waals surface area (Å²) in [6.45, 7) is 8.08. The van der Waals surface area contributed by atoms with Crippen molar-refractivity contribution in [3.8, 4) is 0 Å². The lowest BCUT2D eigenvalue weighted by molar-refractivity contribution is -0.143. The van der Waals surface area contributed by atoms with Gasteiger partial charge in [-0.05, 0) is 5.56 Å². The van der Waals surface area contributed by atoms with Gasteiger partial charge in [0.05, 0.1) is 5.92 Å². The van der Waals surface area contributed by atoms with Crippen molar-refractivity contribution in [2.45, 2.75) is 26.8 Å². The highest BCUT2D eigenvalue weighted by atomic mass is 16.2. The summed E-state index contributed by atoms with van der Waals surface area (Å²) in [4.78, 5) is 28.3. The lowest BCUT2D eigenvalue weighted by atomic mass is 9.94. The topological polar surface area (TPSA) is 66.6 Å². The van der Waals surface area contributed by atoms with Crippen molar-refractivity contribution < 1.29 is 9.59 Å². The van der Waals surface area contributed by atoms with Gasteiger partial charge in [-0.1, -0.05) is 51.1 Å². The number of hydrogen-bond acceptors (Lipinski definition) is 3. The molecule has 1 fully saturated rings. The number of nitrogens with two attached hydrogens (primary N) is 1. The molecule has 2 N–H and O–H groups in total. The minimum Gasteiger partial charge on any atom is -0.339 e. The van der Waals surface area contributed by atoms with Crippen molar-refractivity contribution in [3.05, 3.63) is 35.9 Å². The molecule has 126 valence electrons. The van der Waals surface area contributed by atoms with Gasteiger partial charge < -0.3 is 15.5 Å². The number of carbonyl (C=O) groups is 2. The van der Waals surface area contributed by atoms with Crippen LogP contribution in [0.15, 0.2) is 30.3 Å². The summed E-state index contributed by atoms with van der Waals surface area (Å²) in [6, 6.07) is 9.40. The summed E-state index contributed by atoms with van der Waals surface area (Å²) in [5.41, 5.74) is 7.22. The van der Waals surface area contributed by atoms with Crippen LogP contribution in [0.1, 0.15) is 32.4 Å². The molecule has 5 heteroatoms. The van der Waals surface area contributed by atoms with Crippen LogP contribution >= 0.6 is 0 Å². The van der Waals surface area contributed by atoms with E-state index in [0.29, 0.717) is 26.2 Å². The molecule has 2 amide bonds. The molecule has 5 nitrogen and oxygen atoms in total. The van der Waals surface area contributed by atoms with Crippen molar-refractivity contribution in [1.82, 2.24) is 9.80 Å². The zero-order chi connectivity index (χ0) is 17.0. The Kier molecular flexibility index (Phi) is 5.77. The van der Waals surface area contributed by atoms with E-state index in [4.69, 9.17) is 5.73 Å². The van der Waals surface area contributed by atoms with E-state index < -0.39 is 0 Å². The van der Waals surface area contributed by atoms with Gasteiger partial charge in [-0.15, -0.1) is 0 Å². The molecule has 0 spiro atoms. The Morgan fingerprint density at radius 3 is 1.87 bits per heavy atom. The Labute approximate surface area is 138 Å². The van der Waals surface area contributed by atoms with Crippen LogP contribution in [0, 0.1) is 11.8 Å². The van der Waals surface area contributed by atoms with E-state index in [0.717, 1.165) is 5.56 Å². The monoisotopic (exact) mass is 317 g/mol. The number of piperazine rings is 1. The van der Waals surface area contributed by atoms with Gasteiger partial charge >= 0.3 is 0 Å². The van der Waals surface area contributed by atoms with Crippen LogP contribution in [-0.4, -0.2) is 47.8 Å². The Bertz CT molecular complexity index is 536. The number of benzene rings is 1. The van der Waals surface area contributed by atoms with Crippen molar-refractivity contribution in [3.63, 3.8) is 0 Å². The van der Waals surface area contributed by atoms with Crippen LogP contribution in [0.5, 0.6) is 0 Å². The summed E-state index contributed by atoms with van der Waals surface area (Å²) in [6.07, 6.45) is 0. The lowest BCUT2D eigenvalue weighted by Gasteiger charge is -2.37. The molecule has 1 heterocycles. The van der Waals surface area contributed by atoms with E-state index in [1.54, 1.807) is 0 Å². The van der Waals surface area contributed by atoms with Gasteiger partial charge in [-0.2, -0.15) is 0 Å². The molecule has 0 radical (unpaired) electrons. The van der Waals surface area contributed by atoms with Crippen LogP contribution in [0.4, 0.5) is 0 Å². The standard InChI is InChI=1S/C18H27N3O2/c1-13(2)17(22)20-9-11-21(12-10-20)18(23)14(3)16(19)15-7-5-4-6-8-15/h4-8,13-14,16H,9-12,19H2,1-3H3. The fourth-order valence-corrected chi connectivity index (χ4v) is 2.92. The molecular weight excluding hydrogens is 290 g/mol. The number of hydrogen-bond donors (Lipinski definition) is 1. The fraction of sp³-hybridized carbons (Fsp3) is 0.556. The molecule has 1 aliphatic heterocycles. The van der Waals surface area contributed by atoms with Crippen molar-refractivity contribution in [2.75, 3.05) is 26.2 Å². The molecule has 2 atom stereocenters. The van der Waals surface area contributed by atoms with Gasteiger partial charge in [0, 0.05) is 38.1 Å². The molecule has 0 saturated carbocycles. The second-order valence-corrected chi connectivity index (χ2v) is 6.53. The molecule has 1 aliphatic rings. The van der Waals surface area contributed by atoms with Crippen LogP contribution in [0.25, 0.3) is 0 Å². The summed E-state index contributed by atoms with van der Waals surface area (Å²) in [5, 5.41) is 0. The van der Waals surface area contributed by atoms with E-state index in [1.165, 1.54) is 0 Å². The highest BCUT2D eigenvalue weighted by molar-refractivity contribution is 5.81. The minimum absolute atomic E-state index is 0.00248. The molecule has 23 heavy (non-hydrogen) atoms. The van der Waals surface area contributed by atoms with E-state index in [9.17, 15) is 9.59 Å². The highest BCUT2D eigenvalue weighted by Crippen LogP contribution is 2.21. The van der Waals surface area contributed by atoms with Crippen molar-refractivity contribution in [1.29, 1.82) is 0 Å². The molecule has 1 aromatic carbocycles. The predicted molar refractivity (Wildman–Crippen MR) is 90.5 cm³/mol. The average Bonchev–Trinajstić information content (AvgIpc) is 2.60. The number of amides is 2. The van der Waals surface area contributed by atoms with Gasteiger partial charge in [0.1, 0.15) is 0 Å². The Hall–Kier alpha value is -1.88. The molecule has 1 aromatic rings. The first kappa shape index (κ1) is 17.5. The molecule has 0 aromatic heterocycles. The summed E-state index contributed by atoms with van der Waals surface area (Å²) >= 11 is 0. The van der Waals surface area contributed by atoms with E-state index in [1.807, 2.05) is 60.9 Å².